The number of hydrogen-bond acceptors (Lipinski definition) is 1. The van der Waals surface area contributed by atoms with E-state index in [0.29, 0.717) is 0 Å². The summed E-state index contributed by atoms with van der Waals surface area (Å²) in [4.78, 5) is 4.47. The molecular formula is C13H12N2. The summed E-state index contributed by atoms with van der Waals surface area (Å²) >= 11 is 0. The number of rotatable bonds is 0. The molecule has 3 rings (SSSR count). The molecular weight excluding hydrogens is 184 g/mol. The maximum Gasteiger partial charge on any atom is 0.0962 e. The Balaban J connectivity index is 2.69. The molecule has 0 saturated carbocycles. The number of aryl methyl sites for hydroxylation is 2. The van der Waals surface area contributed by atoms with E-state index in [-0.39, 0.29) is 0 Å². The van der Waals surface area contributed by atoms with Gasteiger partial charge < -0.3 is 4.57 Å². The van der Waals surface area contributed by atoms with Gasteiger partial charge in [0.15, 0.2) is 0 Å². The van der Waals surface area contributed by atoms with Crippen LogP contribution in [-0.2, 0) is 7.05 Å². The van der Waals surface area contributed by atoms with Crippen LogP contribution < -0.4 is 0 Å². The second kappa shape index (κ2) is 2.83. The van der Waals surface area contributed by atoms with Crippen LogP contribution >= 0.6 is 0 Å². The van der Waals surface area contributed by atoms with E-state index in [1.807, 2.05) is 6.20 Å². The summed E-state index contributed by atoms with van der Waals surface area (Å²) in [5, 5.41) is 1.23. The molecule has 2 aromatic heterocycles. The van der Waals surface area contributed by atoms with Crippen LogP contribution in [0.25, 0.3) is 21.9 Å². The number of pyridine rings is 1. The molecule has 0 unspecified atom stereocenters. The van der Waals surface area contributed by atoms with E-state index in [9.17, 15) is 0 Å². The van der Waals surface area contributed by atoms with Crippen molar-refractivity contribution in [2.75, 3.05) is 0 Å². The summed E-state index contributed by atoms with van der Waals surface area (Å²) in [5.74, 6) is 0. The van der Waals surface area contributed by atoms with Gasteiger partial charge in [0.05, 0.1) is 16.6 Å². The van der Waals surface area contributed by atoms with E-state index in [1.165, 1.54) is 22.0 Å². The summed E-state index contributed by atoms with van der Waals surface area (Å²) in [6.07, 6.45) is 1.88. The molecule has 2 heteroatoms. The van der Waals surface area contributed by atoms with Crippen LogP contribution in [-0.4, -0.2) is 9.55 Å². The molecule has 0 radical (unpaired) electrons. The minimum atomic E-state index is 1.10. The highest BCUT2D eigenvalue weighted by atomic mass is 15.0. The maximum atomic E-state index is 4.47. The van der Waals surface area contributed by atoms with E-state index in [1.54, 1.807) is 0 Å². The monoisotopic (exact) mass is 196 g/mol. The molecule has 0 fully saturated rings. The zero-order valence-electron chi connectivity index (χ0n) is 8.86. The highest BCUT2D eigenvalue weighted by Crippen LogP contribution is 2.27. The minimum Gasteiger partial charge on any atom is -0.342 e. The van der Waals surface area contributed by atoms with Gasteiger partial charge in [-0.3, -0.25) is 4.98 Å². The maximum absolute atomic E-state index is 4.47. The van der Waals surface area contributed by atoms with E-state index in [4.69, 9.17) is 0 Å². The number of hydrogen-bond donors (Lipinski definition) is 0. The third-order valence-corrected chi connectivity index (χ3v) is 2.98. The Morgan fingerprint density at radius 3 is 2.80 bits per heavy atom. The first-order chi connectivity index (χ1) is 7.29. The zero-order valence-corrected chi connectivity index (χ0v) is 8.86. The van der Waals surface area contributed by atoms with Crippen LogP contribution in [0.1, 0.15) is 5.56 Å². The first-order valence-corrected chi connectivity index (χ1v) is 5.08. The molecule has 74 valence electrons. The van der Waals surface area contributed by atoms with Gasteiger partial charge in [0.25, 0.3) is 0 Å². The lowest BCUT2D eigenvalue weighted by atomic mass is 10.2. The van der Waals surface area contributed by atoms with Crippen LogP contribution in [0.15, 0.2) is 36.5 Å². The Morgan fingerprint density at radius 1 is 1.13 bits per heavy atom. The third-order valence-electron chi connectivity index (χ3n) is 2.98. The fraction of sp³-hybridized carbons (Fsp3) is 0.154. The van der Waals surface area contributed by atoms with Gasteiger partial charge >= 0.3 is 0 Å². The van der Waals surface area contributed by atoms with Crippen molar-refractivity contribution in [3.05, 3.63) is 42.1 Å². The quantitative estimate of drug-likeness (QED) is 0.540. The predicted molar refractivity (Wildman–Crippen MR) is 63.0 cm³/mol. The predicted octanol–water partition coefficient (Wildman–Crippen LogP) is 3.03. The Labute approximate surface area is 88.2 Å². The molecule has 0 atom stereocenters. The van der Waals surface area contributed by atoms with E-state index in [0.717, 1.165) is 5.52 Å². The SMILES string of the molecule is Cc1ccnc2c3ccccc3n(C)c12. The third kappa shape index (κ3) is 1.02. The zero-order chi connectivity index (χ0) is 10.4. The van der Waals surface area contributed by atoms with Gasteiger partial charge in [-0.2, -0.15) is 0 Å². The lowest BCUT2D eigenvalue weighted by Crippen LogP contribution is -1.89. The van der Waals surface area contributed by atoms with Crippen LogP contribution in [0.2, 0.25) is 0 Å². The smallest absolute Gasteiger partial charge is 0.0962 e. The molecule has 0 amide bonds. The van der Waals surface area contributed by atoms with Crippen molar-refractivity contribution in [2.24, 2.45) is 7.05 Å². The summed E-state index contributed by atoms with van der Waals surface area (Å²) in [7, 11) is 2.10. The Bertz CT molecular complexity index is 650. The number of para-hydroxylation sites is 1. The van der Waals surface area contributed by atoms with Crippen molar-refractivity contribution in [1.29, 1.82) is 0 Å². The van der Waals surface area contributed by atoms with Gasteiger partial charge in [-0.1, -0.05) is 18.2 Å². The minimum absolute atomic E-state index is 1.10. The lowest BCUT2D eigenvalue weighted by molar-refractivity contribution is 1.01. The molecule has 0 aliphatic heterocycles. The van der Waals surface area contributed by atoms with Gasteiger partial charge in [-0.05, 0) is 24.6 Å². The lowest BCUT2D eigenvalue weighted by Gasteiger charge is -1.99. The van der Waals surface area contributed by atoms with Crippen molar-refractivity contribution < 1.29 is 0 Å². The Hall–Kier alpha value is -1.83. The molecule has 0 bridgehead atoms. The van der Waals surface area contributed by atoms with Gasteiger partial charge in [-0.25, -0.2) is 0 Å². The highest BCUT2D eigenvalue weighted by molar-refractivity contribution is 6.06. The largest absolute Gasteiger partial charge is 0.342 e. The Morgan fingerprint density at radius 2 is 1.93 bits per heavy atom. The van der Waals surface area contributed by atoms with Crippen molar-refractivity contribution in [1.82, 2.24) is 9.55 Å². The van der Waals surface area contributed by atoms with Crippen LogP contribution in [0, 0.1) is 6.92 Å². The molecule has 0 aliphatic carbocycles. The molecule has 2 heterocycles. The van der Waals surface area contributed by atoms with Crippen molar-refractivity contribution in [3.8, 4) is 0 Å². The molecule has 0 spiro atoms. The number of fused-ring (bicyclic) bond motifs is 3. The topological polar surface area (TPSA) is 17.8 Å². The average Bonchev–Trinajstić information content (AvgIpc) is 2.55. The fourth-order valence-electron chi connectivity index (χ4n) is 2.26. The van der Waals surface area contributed by atoms with Gasteiger partial charge in [0.1, 0.15) is 0 Å². The van der Waals surface area contributed by atoms with E-state index in [2.05, 4.69) is 53.9 Å². The summed E-state index contributed by atoms with van der Waals surface area (Å²) in [6, 6.07) is 10.4. The van der Waals surface area contributed by atoms with Crippen molar-refractivity contribution in [3.63, 3.8) is 0 Å². The van der Waals surface area contributed by atoms with Crippen LogP contribution in [0.4, 0.5) is 0 Å². The van der Waals surface area contributed by atoms with Crippen molar-refractivity contribution >= 4 is 21.9 Å². The molecule has 15 heavy (non-hydrogen) atoms. The molecule has 3 aromatic rings. The molecule has 1 aromatic carbocycles. The summed E-state index contributed by atoms with van der Waals surface area (Å²) in [5.41, 5.74) is 4.86. The number of aromatic nitrogens is 2. The van der Waals surface area contributed by atoms with Crippen molar-refractivity contribution in [2.45, 2.75) is 6.92 Å². The number of benzene rings is 1. The molecule has 0 saturated heterocycles. The summed E-state index contributed by atoms with van der Waals surface area (Å²) in [6.45, 7) is 2.13. The highest BCUT2D eigenvalue weighted by Gasteiger charge is 2.09. The van der Waals surface area contributed by atoms with Gasteiger partial charge in [0, 0.05) is 18.6 Å². The number of nitrogens with zero attached hydrogens (tertiary/aromatic N) is 2. The summed E-state index contributed by atoms with van der Waals surface area (Å²) < 4.78 is 2.22. The second-order valence-corrected chi connectivity index (χ2v) is 3.90. The van der Waals surface area contributed by atoms with Crippen LogP contribution in [0.3, 0.4) is 0 Å². The van der Waals surface area contributed by atoms with Gasteiger partial charge in [-0.15, -0.1) is 0 Å². The Kier molecular flexibility index (Phi) is 1.60. The normalized spacial score (nSPS) is 11.3. The van der Waals surface area contributed by atoms with Gasteiger partial charge in [0.2, 0.25) is 0 Å². The second-order valence-electron chi connectivity index (χ2n) is 3.90. The molecule has 0 N–H and O–H groups in total. The van der Waals surface area contributed by atoms with E-state index >= 15 is 0 Å². The van der Waals surface area contributed by atoms with E-state index < -0.39 is 0 Å². The molecule has 0 aliphatic rings. The fourth-order valence-corrected chi connectivity index (χ4v) is 2.26. The average molecular weight is 196 g/mol. The first kappa shape index (κ1) is 8.48. The standard InChI is InChI=1S/C13H12N2/c1-9-7-8-14-12-10-5-3-4-6-11(10)15(2)13(9)12/h3-8H,1-2H3. The van der Waals surface area contributed by atoms with Crippen LogP contribution in [0.5, 0.6) is 0 Å². The molecule has 2 nitrogen and oxygen atoms in total. The first-order valence-electron chi connectivity index (χ1n) is 5.08.